The first-order valence-electron chi connectivity index (χ1n) is 27.7. The van der Waals surface area contributed by atoms with E-state index in [4.69, 9.17) is 14.2 Å². The van der Waals surface area contributed by atoms with Gasteiger partial charge in [0.1, 0.15) is 13.2 Å². The van der Waals surface area contributed by atoms with Gasteiger partial charge in [-0.15, -0.1) is 0 Å². The molecule has 1 unspecified atom stereocenters. The van der Waals surface area contributed by atoms with Gasteiger partial charge in [-0.05, 0) is 116 Å². The molecule has 0 aliphatic rings. The molecule has 0 saturated heterocycles. The Labute approximate surface area is 424 Å². The highest BCUT2D eigenvalue weighted by Gasteiger charge is 2.19. The topological polar surface area (TPSA) is 78.9 Å². The summed E-state index contributed by atoms with van der Waals surface area (Å²) in [7, 11) is 0. The Bertz CT molecular complexity index is 1510. The molecule has 0 N–H and O–H groups in total. The summed E-state index contributed by atoms with van der Waals surface area (Å²) in [5.74, 6) is -0.955. The second-order valence-electron chi connectivity index (χ2n) is 17.7. The van der Waals surface area contributed by atoms with Crippen LogP contribution in [-0.4, -0.2) is 37.2 Å². The molecule has 0 amide bonds. The van der Waals surface area contributed by atoms with E-state index in [0.29, 0.717) is 19.3 Å². The van der Waals surface area contributed by atoms with Crippen LogP contribution in [0.15, 0.2) is 134 Å². The van der Waals surface area contributed by atoms with Gasteiger partial charge in [0.15, 0.2) is 6.10 Å². The van der Waals surface area contributed by atoms with Gasteiger partial charge in [0.25, 0.3) is 0 Å². The van der Waals surface area contributed by atoms with Crippen LogP contribution >= 0.6 is 0 Å². The summed E-state index contributed by atoms with van der Waals surface area (Å²) in [6, 6.07) is 0. The monoisotopic (exact) mass is 953 g/mol. The molecule has 0 heterocycles. The van der Waals surface area contributed by atoms with E-state index >= 15 is 0 Å². The molecule has 6 heteroatoms. The Morgan fingerprint density at radius 1 is 0.304 bits per heavy atom. The average molecular weight is 953 g/mol. The summed E-state index contributed by atoms with van der Waals surface area (Å²) in [5.41, 5.74) is 0. The van der Waals surface area contributed by atoms with Crippen LogP contribution in [0.25, 0.3) is 0 Å². The molecule has 0 rings (SSSR count). The van der Waals surface area contributed by atoms with Crippen molar-refractivity contribution in [2.75, 3.05) is 13.2 Å². The molecule has 0 aromatic rings. The molecule has 69 heavy (non-hydrogen) atoms. The van der Waals surface area contributed by atoms with Gasteiger partial charge in [0.2, 0.25) is 0 Å². The average Bonchev–Trinajstić information content (AvgIpc) is 3.35. The smallest absolute Gasteiger partial charge is 0.306 e. The molecule has 1 atom stereocenters. The number of carbonyl (C=O) groups is 3. The Hall–Kier alpha value is -4.45. The van der Waals surface area contributed by atoms with Crippen LogP contribution in [0.3, 0.4) is 0 Å². The largest absolute Gasteiger partial charge is 0.462 e. The molecule has 0 saturated carbocycles. The van der Waals surface area contributed by atoms with Crippen molar-refractivity contribution in [2.24, 2.45) is 0 Å². The first-order valence-corrected chi connectivity index (χ1v) is 27.7. The zero-order chi connectivity index (χ0) is 50.0. The lowest BCUT2D eigenvalue weighted by Gasteiger charge is -2.18. The maximum Gasteiger partial charge on any atom is 0.306 e. The van der Waals surface area contributed by atoms with Crippen LogP contribution in [0.5, 0.6) is 0 Å². The molecular weight excluding hydrogens is 853 g/mol. The Morgan fingerprint density at radius 2 is 0.565 bits per heavy atom. The lowest BCUT2D eigenvalue weighted by Crippen LogP contribution is -2.30. The highest BCUT2D eigenvalue weighted by molar-refractivity contribution is 5.71. The van der Waals surface area contributed by atoms with Gasteiger partial charge in [-0.1, -0.05) is 225 Å². The molecule has 388 valence electrons. The van der Waals surface area contributed by atoms with Gasteiger partial charge >= 0.3 is 17.9 Å². The van der Waals surface area contributed by atoms with Crippen LogP contribution in [0, 0.1) is 0 Å². The van der Waals surface area contributed by atoms with E-state index in [2.05, 4.69) is 154 Å². The summed E-state index contributed by atoms with van der Waals surface area (Å²) < 4.78 is 16.7. The fourth-order valence-electron chi connectivity index (χ4n) is 7.06. The third-order valence-corrected chi connectivity index (χ3v) is 11.2. The first-order chi connectivity index (χ1) is 34.0. The van der Waals surface area contributed by atoms with Crippen molar-refractivity contribution in [3.8, 4) is 0 Å². The predicted molar refractivity (Wildman–Crippen MR) is 297 cm³/mol. The van der Waals surface area contributed by atoms with Gasteiger partial charge in [-0.2, -0.15) is 0 Å². The molecule has 6 nitrogen and oxygen atoms in total. The normalized spacial score (nSPS) is 13.1. The van der Waals surface area contributed by atoms with Crippen LogP contribution in [0.4, 0.5) is 0 Å². The van der Waals surface area contributed by atoms with Crippen molar-refractivity contribution in [1.29, 1.82) is 0 Å². The number of hydrogen-bond acceptors (Lipinski definition) is 6. The summed E-state index contributed by atoms with van der Waals surface area (Å²) in [6.45, 7) is 6.31. The van der Waals surface area contributed by atoms with E-state index < -0.39 is 6.10 Å². The van der Waals surface area contributed by atoms with Gasteiger partial charge in [0.05, 0.1) is 0 Å². The molecule has 0 spiro atoms. The van der Waals surface area contributed by atoms with E-state index in [-0.39, 0.29) is 31.1 Å². The van der Waals surface area contributed by atoms with Crippen LogP contribution in [0.2, 0.25) is 0 Å². The summed E-state index contributed by atoms with van der Waals surface area (Å²) in [4.78, 5) is 37.9. The Kier molecular flexibility index (Phi) is 52.5. The number of hydrogen-bond donors (Lipinski definition) is 0. The maximum absolute atomic E-state index is 12.8. The quantitative estimate of drug-likeness (QED) is 0.0262. The van der Waals surface area contributed by atoms with Gasteiger partial charge in [0, 0.05) is 19.3 Å². The van der Waals surface area contributed by atoms with Crippen molar-refractivity contribution in [1.82, 2.24) is 0 Å². The molecule has 0 radical (unpaired) electrons. The number of esters is 3. The van der Waals surface area contributed by atoms with Crippen molar-refractivity contribution in [2.45, 2.75) is 232 Å². The zero-order valence-electron chi connectivity index (χ0n) is 44.3. The van der Waals surface area contributed by atoms with Crippen molar-refractivity contribution in [3.63, 3.8) is 0 Å². The molecule has 0 fully saturated rings. The minimum Gasteiger partial charge on any atom is -0.462 e. The number of unbranched alkanes of at least 4 members (excludes halogenated alkanes) is 15. The summed E-state index contributed by atoms with van der Waals surface area (Å²) in [6.07, 6.45) is 78.9. The number of carbonyl (C=O) groups excluding carboxylic acids is 3. The van der Waals surface area contributed by atoms with E-state index in [1.807, 2.05) is 0 Å². The molecular formula is C63H100O6. The van der Waals surface area contributed by atoms with Gasteiger partial charge < -0.3 is 14.2 Å². The second kappa shape index (κ2) is 56.1. The van der Waals surface area contributed by atoms with Crippen LogP contribution < -0.4 is 0 Å². The minimum atomic E-state index is -0.799. The Morgan fingerprint density at radius 3 is 0.884 bits per heavy atom. The third kappa shape index (κ3) is 54.4. The molecule has 0 aliphatic carbocycles. The lowest BCUT2D eigenvalue weighted by atomic mass is 10.1. The SMILES string of the molecule is CC/C=C\C/C=C\C/C=C\C/C=C\C/C=C\C/C=C\C/C=C\C/C=C\CCCCCCC(=O)OCC(COC(=O)CCCCCCCCC)OC(=O)CCCCCCC/C=C\C/C=C\C/C=C\CC. The van der Waals surface area contributed by atoms with E-state index in [1.54, 1.807) is 0 Å². The number of ether oxygens (including phenoxy) is 3. The fourth-order valence-corrected chi connectivity index (χ4v) is 7.06. The van der Waals surface area contributed by atoms with E-state index in [1.165, 1.54) is 25.7 Å². The van der Waals surface area contributed by atoms with E-state index in [9.17, 15) is 14.4 Å². The van der Waals surface area contributed by atoms with Crippen LogP contribution in [0.1, 0.15) is 226 Å². The van der Waals surface area contributed by atoms with Crippen LogP contribution in [-0.2, 0) is 28.6 Å². The lowest BCUT2D eigenvalue weighted by molar-refractivity contribution is -0.167. The Balaban J connectivity index is 4.28. The maximum atomic E-state index is 12.8. The fraction of sp³-hybridized carbons (Fsp3) is 0.603. The molecule has 0 aromatic carbocycles. The third-order valence-electron chi connectivity index (χ3n) is 11.2. The first kappa shape index (κ1) is 64.5. The predicted octanol–water partition coefficient (Wildman–Crippen LogP) is 18.6. The molecule has 0 aromatic heterocycles. The molecule has 0 bridgehead atoms. The second-order valence-corrected chi connectivity index (χ2v) is 17.7. The molecule has 0 aliphatic heterocycles. The minimum absolute atomic E-state index is 0.0969. The van der Waals surface area contributed by atoms with Crippen molar-refractivity contribution < 1.29 is 28.6 Å². The standard InChI is InChI=1S/C63H100O6/c1-4-7-10-13-16-18-20-22-24-25-26-27-28-29-30-31-32-33-34-35-36-37-39-40-42-44-47-50-53-56-62(65)68-59-60(58-67-61(64)55-52-49-46-15-12-9-6-3)69-63(66)57-54-51-48-45-43-41-38-23-21-19-17-14-11-8-5-2/h7-8,10-11,16-19,22-24,26-27,29-30,32-33,35-36,38-40,60H,4-6,9,12-15,20-21,25,28,31,34,37,41-59H2,1-3H3/b10-7-,11-8-,18-16-,19-17-,24-22-,27-26-,30-29-,33-32-,36-35-,38-23-,40-39-. The summed E-state index contributed by atoms with van der Waals surface area (Å²) in [5, 5.41) is 0. The summed E-state index contributed by atoms with van der Waals surface area (Å²) >= 11 is 0. The van der Waals surface area contributed by atoms with Gasteiger partial charge in [-0.3, -0.25) is 14.4 Å². The zero-order valence-corrected chi connectivity index (χ0v) is 44.3. The van der Waals surface area contributed by atoms with Crippen molar-refractivity contribution in [3.05, 3.63) is 134 Å². The van der Waals surface area contributed by atoms with Crippen molar-refractivity contribution >= 4 is 17.9 Å². The number of allylic oxidation sites excluding steroid dienone is 22. The van der Waals surface area contributed by atoms with E-state index in [0.717, 1.165) is 161 Å². The number of rotatable bonds is 48. The highest BCUT2D eigenvalue weighted by Crippen LogP contribution is 2.13. The van der Waals surface area contributed by atoms with Gasteiger partial charge in [-0.25, -0.2) is 0 Å². The highest BCUT2D eigenvalue weighted by atomic mass is 16.6.